The molecular weight excluding hydrogens is 254 g/mol. The highest BCUT2D eigenvalue weighted by Crippen LogP contribution is 2.42. The van der Waals surface area contributed by atoms with Crippen LogP contribution in [0.15, 0.2) is 12.3 Å². The molecule has 0 saturated carbocycles. The first-order valence-electron chi connectivity index (χ1n) is 7.04. The van der Waals surface area contributed by atoms with Gasteiger partial charge in [0.05, 0.1) is 29.5 Å². The topological polar surface area (TPSA) is 69.2 Å². The summed E-state index contributed by atoms with van der Waals surface area (Å²) in [4.78, 5) is 6.55. The van der Waals surface area contributed by atoms with Gasteiger partial charge in [0.1, 0.15) is 5.82 Å². The maximum absolute atomic E-state index is 5.82. The number of ether oxygens (including phenoxy) is 1. The maximum Gasteiger partial charge on any atom is 0.160 e. The highest BCUT2D eigenvalue weighted by Gasteiger charge is 2.50. The SMILES string of the molecule is CC(C)n1nc(N2CC3(COC3)C2)c2cnc(N)cc21. The van der Waals surface area contributed by atoms with Crippen LogP contribution in [-0.2, 0) is 4.74 Å². The average molecular weight is 273 g/mol. The van der Waals surface area contributed by atoms with Crippen molar-refractivity contribution in [2.24, 2.45) is 5.41 Å². The van der Waals surface area contributed by atoms with Crippen LogP contribution >= 0.6 is 0 Å². The van der Waals surface area contributed by atoms with Crippen molar-refractivity contribution in [3.05, 3.63) is 12.3 Å². The van der Waals surface area contributed by atoms with E-state index in [0.29, 0.717) is 17.3 Å². The summed E-state index contributed by atoms with van der Waals surface area (Å²) < 4.78 is 7.36. The van der Waals surface area contributed by atoms with E-state index in [9.17, 15) is 0 Å². The number of fused-ring (bicyclic) bond motifs is 1. The van der Waals surface area contributed by atoms with Crippen molar-refractivity contribution in [1.29, 1.82) is 0 Å². The number of nitrogens with zero attached hydrogens (tertiary/aromatic N) is 4. The molecule has 2 aromatic heterocycles. The fourth-order valence-corrected chi connectivity index (χ4v) is 3.15. The van der Waals surface area contributed by atoms with E-state index in [1.54, 1.807) is 0 Å². The third kappa shape index (κ3) is 1.54. The van der Waals surface area contributed by atoms with E-state index in [1.165, 1.54) is 0 Å². The second kappa shape index (κ2) is 3.85. The van der Waals surface area contributed by atoms with Crippen LogP contribution in [0.5, 0.6) is 0 Å². The molecule has 2 aliphatic rings. The van der Waals surface area contributed by atoms with Crippen LogP contribution in [0.3, 0.4) is 0 Å². The smallest absolute Gasteiger partial charge is 0.160 e. The molecule has 2 saturated heterocycles. The van der Waals surface area contributed by atoms with E-state index in [0.717, 1.165) is 43.0 Å². The summed E-state index contributed by atoms with van der Waals surface area (Å²) in [7, 11) is 0. The summed E-state index contributed by atoms with van der Waals surface area (Å²) in [5, 5.41) is 5.87. The zero-order valence-electron chi connectivity index (χ0n) is 11.8. The van der Waals surface area contributed by atoms with E-state index in [1.807, 2.05) is 16.9 Å². The molecule has 4 heterocycles. The number of nitrogens with two attached hydrogens (primary N) is 1. The van der Waals surface area contributed by atoms with Gasteiger partial charge in [-0.25, -0.2) is 4.98 Å². The molecule has 2 aliphatic heterocycles. The second-order valence-corrected chi connectivity index (χ2v) is 6.34. The minimum absolute atomic E-state index is 0.301. The Morgan fingerprint density at radius 1 is 1.35 bits per heavy atom. The molecule has 2 aromatic rings. The van der Waals surface area contributed by atoms with Gasteiger partial charge >= 0.3 is 0 Å². The van der Waals surface area contributed by atoms with Crippen molar-refractivity contribution in [3.8, 4) is 0 Å². The van der Waals surface area contributed by atoms with Crippen LogP contribution in [0, 0.1) is 5.41 Å². The highest BCUT2D eigenvalue weighted by molar-refractivity contribution is 5.91. The van der Waals surface area contributed by atoms with Gasteiger partial charge in [-0.15, -0.1) is 0 Å². The monoisotopic (exact) mass is 273 g/mol. The Bertz CT molecular complexity index is 665. The minimum atomic E-state index is 0.301. The summed E-state index contributed by atoms with van der Waals surface area (Å²) in [5.74, 6) is 1.57. The third-order valence-corrected chi connectivity index (χ3v) is 4.25. The summed E-state index contributed by atoms with van der Waals surface area (Å²) in [6.07, 6.45) is 1.84. The Balaban J connectivity index is 1.76. The van der Waals surface area contributed by atoms with Gasteiger partial charge < -0.3 is 15.4 Å². The number of rotatable bonds is 2. The molecule has 2 fully saturated rings. The predicted octanol–water partition coefficient (Wildman–Crippen LogP) is 1.43. The minimum Gasteiger partial charge on any atom is -0.384 e. The summed E-state index contributed by atoms with van der Waals surface area (Å²) >= 11 is 0. The van der Waals surface area contributed by atoms with E-state index in [4.69, 9.17) is 15.6 Å². The quantitative estimate of drug-likeness (QED) is 0.896. The summed E-state index contributed by atoms with van der Waals surface area (Å²) in [6.45, 7) is 8.09. The molecule has 1 spiro atoms. The standard InChI is InChI=1S/C14H19N5O/c1-9(2)19-11-3-12(15)16-4-10(11)13(17-19)18-5-14(6-18)7-20-8-14/h3-4,9H,5-8H2,1-2H3,(H2,15,16). The number of hydrogen-bond donors (Lipinski definition) is 1. The molecule has 6 nitrogen and oxygen atoms in total. The van der Waals surface area contributed by atoms with Gasteiger partial charge in [0.2, 0.25) is 0 Å². The van der Waals surface area contributed by atoms with Crippen molar-refractivity contribution < 1.29 is 4.74 Å². The Morgan fingerprint density at radius 2 is 2.10 bits per heavy atom. The zero-order valence-corrected chi connectivity index (χ0v) is 11.8. The van der Waals surface area contributed by atoms with Crippen molar-refractivity contribution >= 4 is 22.5 Å². The number of anilines is 2. The number of aromatic nitrogens is 3. The first-order valence-corrected chi connectivity index (χ1v) is 7.04. The molecule has 0 bridgehead atoms. The van der Waals surface area contributed by atoms with Crippen LogP contribution in [0.1, 0.15) is 19.9 Å². The predicted molar refractivity (Wildman–Crippen MR) is 77.8 cm³/mol. The van der Waals surface area contributed by atoms with Crippen molar-refractivity contribution in [2.45, 2.75) is 19.9 Å². The molecule has 2 N–H and O–H groups in total. The number of pyridine rings is 1. The largest absolute Gasteiger partial charge is 0.384 e. The lowest BCUT2D eigenvalue weighted by Crippen LogP contribution is -2.66. The number of hydrogen-bond acceptors (Lipinski definition) is 5. The zero-order chi connectivity index (χ0) is 13.9. The van der Waals surface area contributed by atoms with Gasteiger partial charge in [-0.1, -0.05) is 0 Å². The lowest BCUT2D eigenvalue weighted by atomic mass is 9.78. The molecule has 0 amide bonds. The first-order chi connectivity index (χ1) is 9.58. The summed E-state index contributed by atoms with van der Waals surface area (Å²) in [6, 6.07) is 2.21. The molecule has 0 atom stereocenters. The van der Waals surface area contributed by atoms with Crippen LogP contribution in [0.4, 0.5) is 11.6 Å². The van der Waals surface area contributed by atoms with E-state index in [2.05, 4.69) is 23.7 Å². The van der Waals surface area contributed by atoms with Crippen molar-refractivity contribution in [2.75, 3.05) is 36.9 Å². The maximum atomic E-state index is 5.82. The van der Waals surface area contributed by atoms with Crippen LogP contribution < -0.4 is 10.6 Å². The molecule has 4 rings (SSSR count). The number of nitrogen functional groups attached to an aromatic ring is 1. The lowest BCUT2D eigenvalue weighted by Gasteiger charge is -2.55. The third-order valence-electron chi connectivity index (χ3n) is 4.25. The van der Waals surface area contributed by atoms with Gasteiger partial charge in [-0.05, 0) is 13.8 Å². The van der Waals surface area contributed by atoms with E-state index < -0.39 is 0 Å². The summed E-state index contributed by atoms with van der Waals surface area (Å²) in [5.41, 5.74) is 7.26. The van der Waals surface area contributed by atoms with Gasteiger partial charge in [-0.3, -0.25) is 4.68 Å². The molecule has 0 aliphatic carbocycles. The lowest BCUT2D eigenvalue weighted by molar-refractivity contribution is -0.127. The molecule has 0 unspecified atom stereocenters. The van der Waals surface area contributed by atoms with Gasteiger partial charge in [0.15, 0.2) is 5.82 Å². The van der Waals surface area contributed by atoms with Gasteiger partial charge in [0.25, 0.3) is 0 Å². The molecule has 6 heteroatoms. The van der Waals surface area contributed by atoms with Gasteiger partial charge in [-0.2, -0.15) is 5.10 Å². The molecule has 0 radical (unpaired) electrons. The van der Waals surface area contributed by atoms with Crippen LogP contribution in [0.2, 0.25) is 0 Å². The fraction of sp³-hybridized carbons (Fsp3) is 0.571. The van der Waals surface area contributed by atoms with E-state index in [-0.39, 0.29) is 0 Å². The Morgan fingerprint density at radius 3 is 2.70 bits per heavy atom. The van der Waals surface area contributed by atoms with Crippen molar-refractivity contribution in [1.82, 2.24) is 14.8 Å². The molecule has 106 valence electrons. The second-order valence-electron chi connectivity index (χ2n) is 6.34. The Kier molecular flexibility index (Phi) is 2.30. The van der Waals surface area contributed by atoms with Crippen molar-refractivity contribution in [3.63, 3.8) is 0 Å². The Labute approximate surface area is 117 Å². The van der Waals surface area contributed by atoms with Crippen LogP contribution in [-0.4, -0.2) is 41.1 Å². The van der Waals surface area contributed by atoms with Crippen LogP contribution in [0.25, 0.3) is 10.9 Å². The van der Waals surface area contributed by atoms with Gasteiger partial charge in [0, 0.05) is 31.4 Å². The van der Waals surface area contributed by atoms with E-state index >= 15 is 0 Å². The molecule has 20 heavy (non-hydrogen) atoms. The fourth-order valence-electron chi connectivity index (χ4n) is 3.15. The first kappa shape index (κ1) is 12.0. The normalized spacial score (nSPS) is 20.4. The Hall–Kier alpha value is -1.82. The average Bonchev–Trinajstić information content (AvgIpc) is 2.64. The molecular formula is C14H19N5O. The highest BCUT2D eigenvalue weighted by atomic mass is 16.5. The molecule has 0 aromatic carbocycles.